The van der Waals surface area contributed by atoms with Gasteiger partial charge in [-0.05, 0) is 12.0 Å². The number of hydrogen-bond donors (Lipinski definition) is 2. The number of hydrogen-bond acceptors (Lipinski definition) is 2. The van der Waals surface area contributed by atoms with Crippen molar-refractivity contribution in [2.75, 3.05) is 6.54 Å². The van der Waals surface area contributed by atoms with Crippen LogP contribution in [0.4, 0.5) is 0 Å². The van der Waals surface area contributed by atoms with E-state index < -0.39 is 21.9 Å². The fourth-order valence-corrected chi connectivity index (χ4v) is 1.47. The molecular formula is C12H11Cl2NO3. The molecule has 0 heterocycles. The Morgan fingerprint density at radius 3 is 2.28 bits per heavy atom. The summed E-state index contributed by atoms with van der Waals surface area (Å²) in [6.45, 7) is 0.350. The highest BCUT2D eigenvalue weighted by atomic mass is 35.5. The fourth-order valence-electron chi connectivity index (χ4n) is 1.24. The van der Waals surface area contributed by atoms with Crippen molar-refractivity contribution in [1.29, 1.82) is 0 Å². The average Bonchev–Trinajstić information content (AvgIpc) is 2.38. The van der Waals surface area contributed by atoms with Crippen molar-refractivity contribution in [3.63, 3.8) is 0 Å². The third kappa shape index (κ3) is 4.39. The topological polar surface area (TPSA) is 66.4 Å². The van der Waals surface area contributed by atoms with Gasteiger partial charge in [0.2, 0.25) is 0 Å². The molecule has 1 aromatic rings. The summed E-state index contributed by atoms with van der Waals surface area (Å²) in [5, 5.41) is 9.84. The molecule has 0 saturated carbocycles. The summed E-state index contributed by atoms with van der Waals surface area (Å²) >= 11 is 10.9. The molecule has 0 aromatic heterocycles. The van der Waals surface area contributed by atoms with Crippen LogP contribution in [0.2, 0.25) is 0 Å². The maximum Gasteiger partial charge on any atom is 0.349 e. The summed E-state index contributed by atoms with van der Waals surface area (Å²) in [5.74, 6) is -2.13. The highest BCUT2D eigenvalue weighted by Gasteiger charge is 2.16. The van der Waals surface area contributed by atoms with E-state index in [0.717, 1.165) is 5.56 Å². The fraction of sp³-hybridized carbons (Fsp3) is 0.167. The van der Waals surface area contributed by atoms with Gasteiger partial charge in [-0.3, -0.25) is 4.79 Å². The molecule has 18 heavy (non-hydrogen) atoms. The second-order valence-corrected chi connectivity index (χ2v) is 4.18. The predicted molar refractivity (Wildman–Crippen MR) is 69.5 cm³/mol. The first-order valence-electron chi connectivity index (χ1n) is 5.13. The van der Waals surface area contributed by atoms with E-state index in [1.165, 1.54) is 0 Å². The molecule has 0 bridgehead atoms. The van der Waals surface area contributed by atoms with Crippen LogP contribution >= 0.6 is 23.2 Å². The van der Waals surface area contributed by atoms with Crippen LogP contribution in [0.25, 0.3) is 0 Å². The zero-order chi connectivity index (χ0) is 13.5. The third-order valence-corrected chi connectivity index (χ3v) is 2.93. The van der Waals surface area contributed by atoms with Crippen LogP contribution in [0.3, 0.4) is 0 Å². The number of carbonyl (C=O) groups excluding carboxylic acids is 1. The van der Waals surface area contributed by atoms with E-state index in [1.54, 1.807) is 0 Å². The minimum Gasteiger partial charge on any atom is -0.477 e. The van der Waals surface area contributed by atoms with E-state index in [9.17, 15) is 9.59 Å². The maximum absolute atomic E-state index is 11.4. The molecule has 1 rings (SSSR count). The number of amides is 1. The van der Waals surface area contributed by atoms with Gasteiger partial charge in [0.1, 0.15) is 10.1 Å². The molecule has 0 fully saturated rings. The molecule has 1 aromatic carbocycles. The quantitative estimate of drug-likeness (QED) is 0.816. The van der Waals surface area contributed by atoms with Gasteiger partial charge in [-0.1, -0.05) is 53.5 Å². The van der Waals surface area contributed by atoms with E-state index in [2.05, 4.69) is 5.32 Å². The van der Waals surface area contributed by atoms with E-state index in [1.807, 2.05) is 30.3 Å². The smallest absolute Gasteiger partial charge is 0.349 e. The monoisotopic (exact) mass is 287 g/mol. The van der Waals surface area contributed by atoms with E-state index in [-0.39, 0.29) is 0 Å². The number of halogens is 2. The molecular weight excluding hydrogens is 277 g/mol. The van der Waals surface area contributed by atoms with Crippen molar-refractivity contribution in [3.05, 3.63) is 46.0 Å². The van der Waals surface area contributed by atoms with Crippen molar-refractivity contribution in [3.8, 4) is 0 Å². The molecule has 0 atom stereocenters. The lowest BCUT2D eigenvalue weighted by atomic mass is 10.1. The Labute approximate surface area is 114 Å². The van der Waals surface area contributed by atoms with Crippen LogP contribution in [0.15, 0.2) is 40.4 Å². The molecule has 0 aliphatic heterocycles. The molecule has 0 saturated heterocycles. The molecule has 6 heteroatoms. The number of benzene rings is 1. The number of carbonyl (C=O) groups is 2. The number of carboxylic acid groups (broad SMARTS) is 1. The van der Waals surface area contributed by atoms with Crippen LogP contribution in [-0.2, 0) is 16.0 Å². The molecule has 2 N–H and O–H groups in total. The highest BCUT2D eigenvalue weighted by molar-refractivity contribution is 6.53. The SMILES string of the molecule is O=C(O)/C(Cl)=C(\Cl)C(=O)NCCc1ccccc1. The average molecular weight is 288 g/mol. The predicted octanol–water partition coefficient (Wildman–Crippen LogP) is 2.12. The Bertz CT molecular complexity index is 471. The summed E-state index contributed by atoms with van der Waals surface area (Å²) in [6.07, 6.45) is 0.626. The van der Waals surface area contributed by atoms with Crippen molar-refractivity contribution >= 4 is 35.1 Å². The molecule has 4 nitrogen and oxygen atoms in total. The molecule has 0 spiro atoms. The summed E-state index contributed by atoms with van der Waals surface area (Å²) in [7, 11) is 0. The van der Waals surface area contributed by atoms with Crippen LogP contribution in [0.5, 0.6) is 0 Å². The molecule has 1 amide bonds. The van der Waals surface area contributed by atoms with Gasteiger partial charge in [0.25, 0.3) is 5.91 Å². The van der Waals surface area contributed by atoms with Crippen LogP contribution in [0, 0.1) is 0 Å². The lowest BCUT2D eigenvalue weighted by Gasteiger charge is -2.05. The zero-order valence-corrected chi connectivity index (χ0v) is 10.8. The third-order valence-electron chi connectivity index (χ3n) is 2.12. The van der Waals surface area contributed by atoms with Crippen molar-refractivity contribution in [2.24, 2.45) is 0 Å². The van der Waals surface area contributed by atoms with Gasteiger partial charge < -0.3 is 10.4 Å². The molecule has 96 valence electrons. The lowest BCUT2D eigenvalue weighted by Crippen LogP contribution is -2.26. The van der Waals surface area contributed by atoms with Crippen molar-refractivity contribution in [2.45, 2.75) is 6.42 Å². The number of carboxylic acids is 1. The second kappa shape index (κ2) is 7.03. The lowest BCUT2D eigenvalue weighted by molar-refractivity contribution is -0.132. The molecule has 0 radical (unpaired) electrons. The normalized spacial score (nSPS) is 11.7. The summed E-state index contributed by atoms with van der Waals surface area (Å²) in [6, 6.07) is 9.53. The molecule has 0 aliphatic carbocycles. The van der Waals surface area contributed by atoms with Crippen LogP contribution < -0.4 is 5.32 Å². The van der Waals surface area contributed by atoms with E-state index >= 15 is 0 Å². The Kier molecular flexibility index (Phi) is 5.68. The second-order valence-electron chi connectivity index (χ2n) is 3.42. The van der Waals surface area contributed by atoms with E-state index in [4.69, 9.17) is 28.3 Å². The van der Waals surface area contributed by atoms with Crippen molar-refractivity contribution < 1.29 is 14.7 Å². The van der Waals surface area contributed by atoms with Crippen LogP contribution in [0.1, 0.15) is 5.56 Å². The highest BCUT2D eigenvalue weighted by Crippen LogP contribution is 2.14. The summed E-state index contributed by atoms with van der Waals surface area (Å²) in [5.41, 5.74) is 1.06. The van der Waals surface area contributed by atoms with E-state index in [0.29, 0.717) is 13.0 Å². The number of nitrogens with one attached hydrogen (secondary N) is 1. The minimum atomic E-state index is -1.43. The van der Waals surface area contributed by atoms with Gasteiger partial charge in [-0.25, -0.2) is 4.79 Å². The zero-order valence-electron chi connectivity index (χ0n) is 9.32. The summed E-state index contributed by atoms with van der Waals surface area (Å²) < 4.78 is 0. The number of aliphatic carboxylic acids is 1. The number of rotatable bonds is 5. The summed E-state index contributed by atoms with van der Waals surface area (Å²) in [4.78, 5) is 21.9. The largest absolute Gasteiger partial charge is 0.477 e. The van der Waals surface area contributed by atoms with Crippen LogP contribution in [-0.4, -0.2) is 23.5 Å². The first-order valence-corrected chi connectivity index (χ1v) is 5.88. The van der Waals surface area contributed by atoms with Gasteiger partial charge in [0.15, 0.2) is 0 Å². The van der Waals surface area contributed by atoms with Gasteiger partial charge >= 0.3 is 5.97 Å². The minimum absolute atomic E-state index is 0.350. The van der Waals surface area contributed by atoms with Gasteiger partial charge in [-0.15, -0.1) is 0 Å². The standard InChI is InChI=1S/C12H11Cl2NO3/c13-9(10(14)12(17)18)11(16)15-7-6-8-4-2-1-3-5-8/h1-5H,6-7H2,(H,15,16)(H,17,18)/b10-9+. The Balaban J connectivity index is 2.48. The van der Waals surface area contributed by atoms with Gasteiger partial charge in [0.05, 0.1) is 0 Å². The first kappa shape index (κ1) is 14.5. The van der Waals surface area contributed by atoms with Crippen molar-refractivity contribution in [1.82, 2.24) is 5.32 Å². The Morgan fingerprint density at radius 2 is 1.72 bits per heavy atom. The molecule has 0 aliphatic rings. The first-order chi connectivity index (χ1) is 8.52. The maximum atomic E-state index is 11.4. The molecule has 0 unspecified atom stereocenters. The Morgan fingerprint density at radius 1 is 1.11 bits per heavy atom. The van der Waals surface area contributed by atoms with Gasteiger partial charge in [-0.2, -0.15) is 0 Å². The van der Waals surface area contributed by atoms with Gasteiger partial charge in [0, 0.05) is 6.54 Å². The Hall–Kier alpha value is -1.52.